The summed E-state index contributed by atoms with van der Waals surface area (Å²) in [7, 11) is 0. The quantitative estimate of drug-likeness (QED) is 0.449. The summed E-state index contributed by atoms with van der Waals surface area (Å²) >= 11 is 0. The van der Waals surface area contributed by atoms with Crippen LogP contribution < -0.4 is 15.5 Å². The predicted octanol–water partition coefficient (Wildman–Crippen LogP) is 2.51. The van der Waals surface area contributed by atoms with Crippen molar-refractivity contribution in [1.29, 1.82) is 0 Å². The maximum Gasteiger partial charge on any atom is 0.251 e. The van der Waals surface area contributed by atoms with Crippen LogP contribution in [-0.4, -0.2) is 89.1 Å². The monoisotopic (exact) mass is 567 g/mol. The van der Waals surface area contributed by atoms with E-state index in [-0.39, 0.29) is 41.9 Å². The van der Waals surface area contributed by atoms with Crippen LogP contribution in [0.1, 0.15) is 83.5 Å². The summed E-state index contributed by atoms with van der Waals surface area (Å²) in [6.45, 7) is 11.5. The molecule has 0 bridgehead atoms. The fourth-order valence-electron chi connectivity index (χ4n) is 6.87. The smallest absolute Gasteiger partial charge is 0.251 e. The lowest BCUT2D eigenvalue weighted by atomic mass is 9.94. The lowest BCUT2D eigenvalue weighted by Gasteiger charge is -2.35. The van der Waals surface area contributed by atoms with Gasteiger partial charge in [-0.15, -0.1) is 0 Å². The number of fused-ring (bicyclic) bond motifs is 1. The summed E-state index contributed by atoms with van der Waals surface area (Å²) in [5.41, 5.74) is 0.518. The summed E-state index contributed by atoms with van der Waals surface area (Å²) in [6, 6.07) is 5.41. The molecule has 3 aliphatic rings. The highest BCUT2D eigenvalue weighted by molar-refractivity contribution is 6.02. The minimum atomic E-state index is -0.979. The van der Waals surface area contributed by atoms with E-state index in [1.54, 1.807) is 21.9 Å². The molecular formula is C31H45N5O5. The highest BCUT2D eigenvalue weighted by Gasteiger charge is 2.56. The van der Waals surface area contributed by atoms with Gasteiger partial charge >= 0.3 is 0 Å². The Labute approximate surface area is 243 Å². The van der Waals surface area contributed by atoms with Crippen molar-refractivity contribution in [2.45, 2.75) is 96.8 Å². The molecule has 4 rings (SSSR count). The van der Waals surface area contributed by atoms with Gasteiger partial charge in [0.1, 0.15) is 17.6 Å². The number of benzene rings is 1. The minimum Gasteiger partial charge on any atom is -0.372 e. The minimum absolute atomic E-state index is 0.0701. The zero-order valence-electron chi connectivity index (χ0n) is 25.1. The number of Topliss-reactive ketones (excluding diaryl/α,β-unsaturated/α-hetero) is 1. The van der Waals surface area contributed by atoms with E-state index >= 15 is 0 Å². The van der Waals surface area contributed by atoms with Gasteiger partial charge in [0.25, 0.3) is 5.91 Å². The number of ketones is 1. The second-order valence-corrected chi connectivity index (χ2v) is 12.1. The standard InChI is InChI=1S/C31H45N5O5/c1-6-34(7-2)23-12-10-22(11-13-23)28(39)32-24(18-20(3)4)29(40)35-17-14-25-27(35)26(38)19-36(25)30(41)31(33-21(5)37)15-8-9-16-31/h10-13,20,24-25,27H,6-9,14-19H2,1-5H3,(H,32,39)(H,33,37). The van der Waals surface area contributed by atoms with Gasteiger partial charge in [0.2, 0.25) is 17.7 Å². The summed E-state index contributed by atoms with van der Waals surface area (Å²) in [5.74, 6) is -1.16. The maximum atomic E-state index is 13.9. The number of hydrogen-bond donors (Lipinski definition) is 2. The van der Waals surface area contributed by atoms with Gasteiger partial charge in [-0.05, 0) is 69.7 Å². The Morgan fingerprint density at radius 1 is 1.02 bits per heavy atom. The van der Waals surface area contributed by atoms with Gasteiger partial charge in [0, 0.05) is 37.8 Å². The fourth-order valence-corrected chi connectivity index (χ4v) is 6.87. The van der Waals surface area contributed by atoms with Crippen LogP contribution >= 0.6 is 0 Å². The van der Waals surface area contributed by atoms with Gasteiger partial charge in [0.15, 0.2) is 5.78 Å². The first-order valence-electron chi connectivity index (χ1n) is 15.1. The van der Waals surface area contributed by atoms with E-state index in [1.165, 1.54) is 6.92 Å². The molecule has 3 unspecified atom stereocenters. The van der Waals surface area contributed by atoms with Gasteiger partial charge in [-0.3, -0.25) is 24.0 Å². The highest BCUT2D eigenvalue weighted by Crippen LogP contribution is 2.37. The molecule has 0 aromatic heterocycles. The Hall–Kier alpha value is -3.43. The van der Waals surface area contributed by atoms with Crippen LogP contribution in [-0.2, 0) is 19.2 Å². The summed E-state index contributed by atoms with van der Waals surface area (Å²) in [6.07, 6.45) is 3.68. The van der Waals surface area contributed by atoms with Gasteiger partial charge in [-0.2, -0.15) is 0 Å². The first-order valence-corrected chi connectivity index (χ1v) is 15.1. The van der Waals surface area contributed by atoms with Crippen LogP contribution in [0.25, 0.3) is 0 Å². The molecule has 1 saturated carbocycles. The number of nitrogens with one attached hydrogen (secondary N) is 2. The van der Waals surface area contributed by atoms with E-state index in [2.05, 4.69) is 29.4 Å². The van der Waals surface area contributed by atoms with Crippen LogP contribution in [0.4, 0.5) is 5.69 Å². The Balaban J connectivity index is 1.49. The summed E-state index contributed by atoms with van der Waals surface area (Å²) in [5, 5.41) is 5.82. The lowest BCUT2D eigenvalue weighted by molar-refractivity contribution is -0.142. The number of nitrogens with zero attached hydrogens (tertiary/aromatic N) is 3. The van der Waals surface area contributed by atoms with Crippen molar-refractivity contribution in [2.24, 2.45) is 5.92 Å². The molecule has 0 radical (unpaired) electrons. The topological polar surface area (TPSA) is 119 Å². The van der Waals surface area contributed by atoms with Crippen molar-refractivity contribution < 1.29 is 24.0 Å². The van der Waals surface area contributed by atoms with E-state index in [1.807, 2.05) is 26.0 Å². The molecule has 2 N–H and O–H groups in total. The van der Waals surface area contributed by atoms with Gasteiger partial charge < -0.3 is 25.3 Å². The molecule has 10 nitrogen and oxygen atoms in total. The third-order valence-corrected chi connectivity index (χ3v) is 8.82. The lowest BCUT2D eigenvalue weighted by Crippen LogP contribution is -2.59. The van der Waals surface area contributed by atoms with Crippen LogP contribution in [0.5, 0.6) is 0 Å². The summed E-state index contributed by atoms with van der Waals surface area (Å²) < 4.78 is 0. The molecule has 2 saturated heterocycles. The van der Waals surface area contributed by atoms with E-state index in [9.17, 15) is 24.0 Å². The molecule has 2 aliphatic heterocycles. The number of rotatable bonds is 10. The molecule has 0 spiro atoms. The van der Waals surface area contributed by atoms with Crippen LogP contribution in [0.3, 0.4) is 0 Å². The van der Waals surface area contributed by atoms with Crippen molar-refractivity contribution in [3.05, 3.63) is 29.8 Å². The number of hydrogen-bond acceptors (Lipinski definition) is 6. The zero-order valence-corrected chi connectivity index (χ0v) is 25.1. The second kappa shape index (κ2) is 12.6. The average molecular weight is 568 g/mol. The van der Waals surface area contributed by atoms with Crippen LogP contribution in [0.15, 0.2) is 24.3 Å². The molecule has 1 aromatic carbocycles. The van der Waals surface area contributed by atoms with Crippen molar-refractivity contribution in [3.8, 4) is 0 Å². The number of carbonyl (C=O) groups excluding carboxylic acids is 5. The van der Waals surface area contributed by atoms with E-state index < -0.39 is 23.7 Å². The van der Waals surface area contributed by atoms with E-state index in [4.69, 9.17) is 0 Å². The number of amides is 4. The Morgan fingerprint density at radius 2 is 1.66 bits per heavy atom. The van der Waals surface area contributed by atoms with Gasteiger partial charge in [0.05, 0.1) is 12.6 Å². The van der Waals surface area contributed by atoms with Crippen molar-refractivity contribution >= 4 is 35.1 Å². The zero-order chi connectivity index (χ0) is 29.9. The second-order valence-electron chi connectivity index (χ2n) is 12.1. The summed E-state index contributed by atoms with van der Waals surface area (Å²) in [4.78, 5) is 71.5. The molecule has 3 fully saturated rings. The van der Waals surface area contributed by atoms with Crippen LogP contribution in [0, 0.1) is 5.92 Å². The SMILES string of the molecule is CCN(CC)c1ccc(C(=O)NC(CC(C)C)C(=O)N2CCC3C2C(=O)CN3C(=O)C2(NC(C)=O)CCCC2)cc1. The van der Waals surface area contributed by atoms with Gasteiger partial charge in [-0.25, -0.2) is 0 Å². The van der Waals surface area contributed by atoms with Crippen molar-refractivity contribution in [2.75, 3.05) is 31.1 Å². The van der Waals surface area contributed by atoms with Crippen LogP contribution in [0.2, 0.25) is 0 Å². The van der Waals surface area contributed by atoms with E-state index in [0.717, 1.165) is 31.6 Å². The fraction of sp³-hybridized carbons (Fsp3) is 0.645. The van der Waals surface area contributed by atoms with Gasteiger partial charge in [-0.1, -0.05) is 26.7 Å². The van der Waals surface area contributed by atoms with Crippen molar-refractivity contribution in [3.63, 3.8) is 0 Å². The predicted molar refractivity (Wildman–Crippen MR) is 156 cm³/mol. The number of anilines is 1. The average Bonchev–Trinajstić information content (AvgIpc) is 3.66. The largest absolute Gasteiger partial charge is 0.372 e. The maximum absolute atomic E-state index is 13.9. The molecule has 4 amide bonds. The Morgan fingerprint density at radius 3 is 2.22 bits per heavy atom. The molecule has 2 heterocycles. The Bertz CT molecular complexity index is 1160. The molecule has 41 heavy (non-hydrogen) atoms. The highest BCUT2D eigenvalue weighted by atomic mass is 16.2. The molecule has 1 aromatic rings. The Kier molecular flexibility index (Phi) is 9.39. The molecule has 3 atom stereocenters. The number of likely N-dealkylation sites (tertiary alicyclic amines) is 2. The molecule has 10 heteroatoms. The first kappa shape index (κ1) is 30.5. The third-order valence-electron chi connectivity index (χ3n) is 8.82. The molecular weight excluding hydrogens is 522 g/mol. The normalized spacial score (nSPS) is 22.0. The molecule has 1 aliphatic carbocycles. The number of carbonyl (C=O) groups is 5. The third kappa shape index (κ3) is 6.26. The van der Waals surface area contributed by atoms with E-state index in [0.29, 0.717) is 37.8 Å². The van der Waals surface area contributed by atoms with Crippen molar-refractivity contribution in [1.82, 2.24) is 20.4 Å². The first-order chi connectivity index (χ1) is 19.5. The molecule has 224 valence electrons.